The zero-order valence-corrected chi connectivity index (χ0v) is 25.2. The summed E-state index contributed by atoms with van der Waals surface area (Å²) in [6.45, 7) is 17.9. The van der Waals surface area contributed by atoms with Crippen molar-refractivity contribution in [2.24, 2.45) is 16.8 Å². The standard InChI is InChI=1S/C17H19Cl2N.C11H20O2S.CH3F/c1-5-14(7-6-12(2)18)13(3)17(20-4)15-8-10-16(19)11-9-15;1-6-7-9(8(2)3)10(14-5)11(12)13-4;1-2/h5-11,13,17H,1,4H2,2-3H3;8H,6-7H2,1-5H3;1H3/b12-6+,14-7+;10-9+;. The average molecular weight is 559 g/mol. The van der Waals surface area contributed by atoms with Gasteiger partial charge in [0.25, 0.3) is 0 Å². The Morgan fingerprint density at radius 3 is 2.11 bits per heavy atom. The van der Waals surface area contributed by atoms with Crippen LogP contribution in [-0.4, -0.2) is 33.2 Å². The number of hydrogen-bond acceptors (Lipinski definition) is 4. The molecular formula is C29H42Cl2FNO2S. The summed E-state index contributed by atoms with van der Waals surface area (Å²) < 4.78 is 14.3. The maximum Gasteiger partial charge on any atom is 0.344 e. The molecule has 0 amide bonds. The van der Waals surface area contributed by atoms with Crippen LogP contribution >= 0.6 is 35.0 Å². The molecule has 0 heterocycles. The fourth-order valence-corrected chi connectivity index (χ4v) is 4.42. The van der Waals surface area contributed by atoms with Gasteiger partial charge in [0.2, 0.25) is 0 Å². The van der Waals surface area contributed by atoms with Crippen LogP contribution in [0, 0.1) is 11.8 Å². The van der Waals surface area contributed by atoms with Gasteiger partial charge in [-0.3, -0.25) is 9.38 Å². The molecule has 0 radical (unpaired) electrons. The molecule has 0 spiro atoms. The number of alkyl halides is 1. The molecule has 0 aliphatic carbocycles. The molecule has 0 aliphatic heterocycles. The Balaban J connectivity index is 0. The van der Waals surface area contributed by atoms with Crippen LogP contribution < -0.4 is 0 Å². The van der Waals surface area contributed by atoms with E-state index in [0.29, 0.717) is 18.1 Å². The van der Waals surface area contributed by atoms with E-state index in [1.54, 1.807) is 0 Å². The van der Waals surface area contributed by atoms with Crippen LogP contribution in [0.25, 0.3) is 0 Å². The largest absolute Gasteiger partial charge is 0.465 e. The number of methoxy groups -OCH3 is 1. The molecule has 202 valence electrons. The van der Waals surface area contributed by atoms with Crippen molar-refractivity contribution < 1.29 is 13.9 Å². The normalized spacial score (nSPS) is 13.8. The molecule has 0 saturated heterocycles. The van der Waals surface area contributed by atoms with Crippen LogP contribution in [0.4, 0.5) is 4.39 Å². The molecule has 0 saturated carbocycles. The van der Waals surface area contributed by atoms with Gasteiger partial charge in [0.15, 0.2) is 0 Å². The van der Waals surface area contributed by atoms with Crippen LogP contribution in [0.15, 0.2) is 75.1 Å². The first kappa shape index (κ1) is 36.3. The highest BCUT2D eigenvalue weighted by Crippen LogP contribution is 2.32. The Kier molecular flexibility index (Phi) is 21.5. The highest BCUT2D eigenvalue weighted by Gasteiger charge is 2.19. The van der Waals surface area contributed by atoms with Crippen molar-refractivity contribution in [3.05, 3.63) is 80.7 Å². The lowest BCUT2D eigenvalue weighted by atomic mass is 9.88. The second-order valence-electron chi connectivity index (χ2n) is 8.05. The number of nitrogens with zero attached hydrogens (tertiary/aromatic N) is 1. The minimum atomic E-state index is -0.199. The number of carbonyl (C=O) groups excluding carboxylic acids is 1. The molecule has 2 atom stereocenters. The Morgan fingerprint density at radius 2 is 1.75 bits per heavy atom. The van der Waals surface area contributed by atoms with Crippen molar-refractivity contribution in [1.29, 1.82) is 0 Å². The number of aliphatic imine (C=N–C) groups is 1. The summed E-state index contributed by atoms with van der Waals surface area (Å²) in [6, 6.07) is 7.63. The van der Waals surface area contributed by atoms with Gasteiger partial charge in [-0.05, 0) is 67.2 Å². The monoisotopic (exact) mass is 557 g/mol. The third kappa shape index (κ3) is 13.5. The van der Waals surface area contributed by atoms with Crippen molar-refractivity contribution >= 4 is 47.7 Å². The van der Waals surface area contributed by atoms with E-state index >= 15 is 0 Å². The molecule has 0 fully saturated rings. The molecule has 0 aromatic heterocycles. The minimum Gasteiger partial charge on any atom is -0.465 e. The van der Waals surface area contributed by atoms with E-state index in [0.717, 1.165) is 33.9 Å². The predicted molar refractivity (Wildman–Crippen MR) is 160 cm³/mol. The molecule has 7 heteroatoms. The predicted octanol–water partition coefficient (Wildman–Crippen LogP) is 9.79. The summed E-state index contributed by atoms with van der Waals surface area (Å²) in [7, 11) is 1.93. The first-order valence-corrected chi connectivity index (χ1v) is 13.7. The Bertz CT molecular complexity index is 889. The van der Waals surface area contributed by atoms with Gasteiger partial charge in [0.05, 0.1) is 25.2 Å². The Hall–Kier alpha value is -1.82. The first-order chi connectivity index (χ1) is 17.1. The van der Waals surface area contributed by atoms with Gasteiger partial charge < -0.3 is 4.74 Å². The molecule has 1 aromatic carbocycles. The van der Waals surface area contributed by atoms with Crippen LogP contribution in [0.1, 0.15) is 59.1 Å². The van der Waals surface area contributed by atoms with E-state index in [1.807, 2.05) is 55.7 Å². The molecule has 3 nitrogen and oxygen atoms in total. The average Bonchev–Trinajstić information content (AvgIpc) is 2.87. The molecule has 1 aromatic rings. The van der Waals surface area contributed by atoms with Gasteiger partial charge in [0.1, 0.15) is 0 Å². The fourth-order valence-electron chi connectivity index (χ4n) is 3.38. The highest BCUT2D eigenvalue weighted by atomic mass is 35.5. The number of halogens is 3. The lowest BCUT2D eigenvalue weighted by Gasteiger charge is -2.21. The number of allylic oxidation sites excluding steroid dienone is 5. The summed E-state index contributed by atoms with van der Waals surface area (Å²) in [5.74, 6) is 0.365. The molecule has 1 rings (SSSR count). The van der Waals surface area contributed by atoms with Crippen molar-refractivity contribution in [3.8, 4) is 0 Å². The van der Waals surface area contributed by atoms with E-state index in [2.05, 4.69) is 46.0 Å². The third-order valence-corrected chi connectivity index (χ3v) is 6.45. The molecule has 2 unspecified atom stereocenters. The van der Waals surface area contributed by atoms with Crippen molar-refractivity contribution in [1.82, 2.24) is 0 Å². The van der Waals surface area contributed by atoms with Gasteiger partial charge in [0, 0.05) is 16.0 Å². The topological polar surface area (TPSA) is 38.7 Å². The van der Waals surface area contributed by atoms with Gasteiger partial charge >= 0.3 is 5.97 Å². The van der Waals surface area contributed by atoms with E-state index in [1.165, 1.54) is 24.4 Å². The lowest BCUT2D eigenvalue weighted by Crippen LogP contribution is -2.09. The van der Waals surface area contributed by atoms with E-state index < -0.39 is 0 Å². The summed E-state index contributed by atoms with van der Waals surface area (Å²) in [5, 5.41) is 1.44. The zero-order chi connectivity index (χ0) is 28.3. The third-order valence-electron chi connectivity index (χ3n) is 5.23. The molecular weight excluding hydrogens is 516 g/mol. The second-order valence-corrected chi connectivity index (χ2v) is 9.90. The maximum absolute atomic E-state index is 11.5. The Morgan fingerprint density at radius 1 is 1.19 bits per heavy atom. The van der Waals surface area contributed by atoms with Crippen molar-refractivity contribution in [3.63, 3.8) is 0 Å². The van der Waals surface area contributed by atoms with Crippen LogP contribution in [0.5, 0.6) is 0 Å². The Labute approximate surface area is 232 Å². The molecule has 0 N–H and O–H groups in total. The second kappa shape index (κ2) is 21.3. The van der Waals surface area contributed by atoms with Crippen LogP contribution in [-0.2, 0) is 9.53 Å². The number of benzene rings is 1. The minimum absolute atomic E-state index is 0.0412. The smallest absolute Gasteiger partial charge is 0.344 e. The van der Waals surface area contributed by atoms with E-state index in [9.17, 15) is 9.18 Å². The van der Waals surface area contributed by atoms with Gasteiger partial charge in [-0.25, -0.2) is 4.79 Å². The van der Waals surface area contributed by atoms with E-state index in [4.69, 9.17) is 27.9 Å². The summed E-state index contributed by atoms with van der Waals surface area (Å²) in [6.07, 6.45) is 9.61. The van der Waals surface area contributed by atoms with Gasteiger partial charge in [-0.2, -0.15) is 0 Å². The number of rotatable bonds is 11. The van der Waals surface area contributed by atoms with Gasteiger partial charge in [-0.1, -0.05) is 88.2 Å². The fraction of sp³-hybridized carbons (Fsp3) is 0.448. The number of thioether (sulfide) groups is 1. The van der Waals surface area contributed by atoms with Crippen molar-refractivity contribution in [2.45, 2.75) is 53.5 Å². The number of esters is 1. The highest BCUT2D eigenvalue weighted by molar-refractivity contribution is 8.03. The van der Waals surface area contributed by atoms with Crippen molar-refractivity contribution in [2.75, 3.05) is 20.5 Å². The van der Waals surface area contributed by atoms with Crippen LogP contribution in [0.3, 0.4) is 0 Å². The first-order valence-electron chi connectivity index (χ1n) is 11.7. The maximum atomic E-state index is 11.5. The zero-order valence-electron chi connectivity index (χ0n) is 22.9. The number of ether oxygens (including phenoxy) is 1. The summed E-state index contributed by atoms with van der Waals surface area (Å²) in [5.41, 5.74) is 3.36. The summed E-state index contributed by atoms with van der Waals surface area (Å²) >= 11 is 13.3. The number of carbonyl (C=O) groups is 1. The lowest BCUT2D eigenvalue weighted by molar-refractivity contribution is -0.135. The molecule has 36 heavy (non-hydrogen) atoms. The SMILES string of the molecule is C=C/C(=C\C=C(/C)Cl)C(C)C(N=C)c1ccc(Cl)cc1.CCC/C(=C(\SC)C(=O)OC)C(C)C.CF. The molecule has 0 aliphatic rings. The van der Waals surface area contributed by atoms with E-state index in [-0.39, 0.29) is 17.9 Å². The quantitative estimate of drug-likeness (QED) is 0.117. The summed E-state index contributed by atoms with van der Waals surface area (Å²) in [4.78, 5) is 16.5. The van der Waals surface area contributed by atoms with Crippen LogP contribution in [0.2, 0.25) is 5.02 Å². The van der Waals surface area contributed by atoms with Gasteiger partial charge in [-0.15, -0.1) is 11.8 Å². The molecule has 0 bridgehead atoms. The number of hydrogen-bond donors (Lipinski definition) is 0.